The van der Waals surface area contributed by atoms with Crippen molar-refractivity contribution < 1.29 is 13.2 Å². The second-order valence-electron chi connectivity index (χ2n) is 6.08. The first-order chi connectivity index (χ1) is 9.74. The second-order valence-corrected chi connectivity index (χ2v) is 8.06. The Morgan fingerprint density at radius 1 is 1.19 bits per heavy atom. The van der Waals surface area contributed by atoms with Crippen LogP contribution in [-0.2, 0) is 14.8 Å². The highest BCUT2D eigenvalue weighted by Gasteiger charge is 2.23. The normalized spacial score (nSPS) is 17.7. The van der Waals surface area contributed by atoms with Crippen molar-refractivity contribution in [1.82, 2.24) is 14.1 Å². The zero-order valence-corrected chi connectivity index (χ0v) is 14.5. The maximum absolute atomic E-state index is 12.2. The largest absolute Gasteiger partial charge is 0.340 e. The molecule has 21 heavy (non-hydrogen) atoms. The van der Waals surface area contributed by atoms with Crippen LogP contribution in [-0.4, -0.2) is 80.5 Å². The lowest BCUT2D eigenvalue weighted by atomic mass is 10.2. The van der Waals surface area contributed by atoms with E-state index in [1.165, 1.54) is 10.6 Å². The van der Waals surface area contributed by atoms with Gasteiger partial charge in [-0.25, -0.2) is 12.7 Å². The molecule has 0 aromatic rings. The number of likely N-dealkylation sites (N-methyl/N-ethyl adjacent to an activating group) is 1. The van der Waals surface area contributed by atoms with Gasteiger partial charge < -0.3 is 9.80 Å². The monoisotopic (exact) mass is 319 g/mol. The third kappa shape index (κ3) is 6.32. The third-order valence-corrected chi connectivity index (χ3v) is 5.05. The van der Waals surface area contributed by atoms with Crippen molar-refractivity contribution in [2.45, 2.75) is 27.2 Å². The average molecular weight is 319 g/mol. The molecule has 0 saturated carbocycles. The summed E-state index contributed by atoms with van der Waals surface area (Å²) in [5.41, 5.74) is 0. The standard InChI is InChI=1S/C14H29N3O3S/c1-5-15-8-10-16(11-9-15)14(18)6-7-17(12-13(2)3)21(4,19)20/h13H,5-12H2,1-4H3. The topological polar surface area (TPSA) is 60.9 Å². The summed E-state index contributed by atoms with van der Waals surface area (Å²) in [7, 11) is -3.24. The van der Waals surface area contributed by atoms with Gasteiger partial charge in [-0.2, -0.15) is 0 Å². The summed E-state index contributed by atoms with van der Waals surface area (Å²) < 4.78 is 24.9. The molecule has 0 spiro atoms. The molecule has 7 heteroatoms. The summed E-state index contributed by atoms with van der Waals surface area (Å²) >= 11 is 0. The number of rotatable bonds is 7. The van der Waals surface area contributed by atoms with Gasteiger partial charge in [-0.15, -0.1) is 0 Å². The van der Waals surface area contributed by atoms with Crippen LogP contribution >= 0.6 is 0 Å². The predicted molar refractivity (Wildman–Crippen MR) is 84.6 cm³/mol. The number of carbonyl (C=O) groups is 1. The highest BCUT2D eigenvalue weighted by Crippen LogP contribution is 2.08. The van der Waals surface area contributed by atoms with Gasteiger partial charge in [0.2, 0.25) is 15.9 Å². The Balaban J connectivity index is 2.47. The molecule has 1 saturated heterocycles. The number of hydrogen-bond acceptors (Lipinski definition) is 4. The summed E-state index contributed by atoms with van der Waals surface area (Å²) in [5.74, 6) is 0.311. The molecule has 6 nitrogen and oxygen atoms in total. The predicted octanol–water partition coefficient (Wildman–Crippen LogP) is 0.458. The summed E-state index contributed by atoms with van der Waals surface area (Å²) in [6, 6.07) is 0. The van der Waals surface area contributed by atoms with Crippen molar-refractivity contribution in [3.05, 3.63) is 0 Å². The van der Waals surface area contributed by atoms with Gasteiger partial charge in [-0.05, 0) is 12.5 Å². The molecule has 0 unspecified atom stereocenters. The molecule has 0 bridgehead atoms. The van der Waals surface area contributed by atoms with E-state index < -0.39 is 10.0 Å². The summed E-state index contributed by atoms with van der Waals surface area (Å²) in [5, 5.41) is 0. The van der Waals surface area contributed by atoms with Crippen LogP contribution in [0.15, 0.2) is 0 Å². The van der Waals surface area contributed by atoms with Crippen LogP contribution in [0.3, 0.4) is 0 Å². The third-order valence-electron chi connectivity index (χ3n) is 3.79. The van der Waals surface area contributed by atoms with E-state index in [9.17, 15) is 13.2 Å². The number of hydrogen-bond donors (Lipinski definition) is 0. The number of piperazine rings is 1. The van der Waals surface area contributed by atoms with E-state index in [1.807, 2.05) is 18.7 Å². The fourth-order valence-corrected chi connectivity index (χ4v) is 3.48. The molecular formula is C14H29N3O3S. The van der Waals surface area contributed by atoms with Gasteiger partial charge in [-0.3, -0.25) is 4.79 Å². The van der Waals surface area contributed by atoms with E-state index >= 15 is 0 Å². The highest BCUT2D eigenvalue weighted by molar-refractivity contribution is 7.88. The summed E-state index contributed by atoms with van der Waals surface area (Å²) in [6.07, 6.45) is 1.48. The zero-order chi connectivity index (χ0) is 16.0. The van der Waals surface area contributed by atoms with Crippen LogP contribution in [0.4, 0.5) is 0 Å². The van der Waals surface area contributed by atoms with Gasteiger partial charge in [0.25, 0.3) is 0 Å². The molecule has 0 aromatic heterocycles. The minimum absolute atomic E-state index is 0.0585. The Kier molecular flexibility index (Phi) is 7.09. The fraction of sp³-hybridized carbons (Fsp3) is 0.929. The highest BCUT2D eigenvalue weighted by atomic mass is 32.2. The van der Waals surface area contributed by atoms with Crippen molar-refractivity contribution in [1.29, 1.82) is 0 Å². The van der Waals surface area contributed by atoms with Gasteiger partial charge in [-0.1, -0.05) is 20.8 Å². The van der Waals surface area contributed by atoms with Gasteiger partial charge in [0.05, 0.1) is 6.26 Å². The number of amides is 1. The Morgan fingerprint density at radius 2 is 1.76 bits per heavy atom. The summed E-state index contributed by atoms with van der Waals surface area (Å²) in [6.45, 7) is 11.1. The molecule has 0 aromatic carbocycles. The SMILES string of the molecule is CCN1CCN(C(=O)CCN(CC(C)C)S(C)(=O)=O)CC1. The minimum Gasteiger partial charge on any atom is -0.340 e. The molecule has 1 aliphatic rings. The van der Waals surface area contributed by atoms with Crippen LogP contribution in [0.2, 0.25) is 0 Å². The Hall–Kier alpha value is -0.660. The van der Waals surface area contributed by atoms with Crippen molar-refractivity contribution >= 4 is 15.9 Å². The molecule has 0 atom stereocenters. The van der Waals surface area contributed by atoms with Crippen molar-refractivity contribution in [3.63, 3.8) is 0 Å². The first-order valence-corrected chi connectivity index (χ1v) is 9.54. The molecule has 1 rings (SSSR count). The molecule has 1 aliphatic heterocycles. The average Bonchev–Trinajstić information content (AvgIpc) is 2.41. The molecule has 1 heterocycles. The van der Waals surface area contributed by atoms with Crippen LogP contribution in [0.1, 0.15) is 27.2 Å². The van der Waals surface area contributed by atoms with E-state index in [0.29, 0.717) is 6.54 Å². The van der Waals surface area contributed by atoms with Crippen LogP contribution in [0.25, 0.3) is 0 Å². The lowest BCUT2D eigenvalue weighted by molar-refractivity contribution is -0.133. The van der Waals surface area contributed by atoms with E-state index in [0.717, 1.165) is 32.7 Å². The summed E-state index contributed by atoms with van der Waals surface area (Å²) in [4.78, 5) is 16.4. The minimum atomic E-state index is -3.24. The van der Waals surface area contributed by atoms with E-state index in [1.54, 1.807) is 0 Å². The Morgan fingerprint density at radius 3 is 2.19 bits per heavy atom. The second kappa shape index (κ2) is 8.10. The van der Waals surface area contributed by atoms with E-state index in [4.69, 9.17) is 0 Å². The van der Waals surface area contributed by atoms with E-state index in [-0.39, 0.29) is 24.8 Å². The van der Waals surface area contributed by atoms with Crippen molar-refractivity contribution in [3.8, 4) is 0 Å². The molecular weight excluding hydrogens is 290 g/mol. The Bertz CT molecular complexity index is 429. The van der Waals surface area contributed by atoms with Gasteiger partial charge in [0.15, 0.2) is 0 Å². The van der Waals surface area contributed by atoms with Crippen LogP contribution in [0, 0.1) is 5.92 Å². The number of sulfonamides is 1. The van der Waals surface area contributed by atoms with Crippen LogP contribution in [0.5, 0.6) is 0 Å². The van der Waals surface area contributed by atoms with Gasteiger partial charge >= 0.3 is 0 Å². The smallest absolute Gasteiger partial charge is 0.223 e. The van der Waals surface area contributed by atoms with Crippen molar-refractivity contribution in [2.75, 3.05) is 52.1 Å². The van der Waals surface area contributed by atoms with Gasteiger partial charge in [0, 0.05) is 45.7 Å². The lowest BCUT2D eigenvalue weighted by Gasteiger charge is -2.34. The number of carbonyl (C=O) groups excluding carboxylic acids is 1. The number of nitrogens with zero attached hydrogens (tertiary/aromatic N) is 3. The first-order valence-electron chi connectivity index (χ1n) is 7.69. The first kappa shape index (κ1) is 18.4. The molecule has 124 valence electrons. The quantitative estimate of drug-likeness (QED) is 0.684. The zero-order valence-electron chi connectivity index (χ0n) is 13.7. The molecule has 1 amide bonds. The maximum Gasteiger partial charge on any atom is 0.223 e. The fourth-order valence-electron chi connectivity index (χ4n) is 2.49. The molecule has 0 N–H and O–H groups in total. The van der Waals surface area contributed by atoms with Crippen molar-refractivity contribution in [2.24, 2.45) is 5.92 Å². The molecule has 0 radical (unpaired) electrons. The van der Waals surface area contributed by atoms with Gasteiger partial charge in [0.1, 0.15) is 0 Å². The van der Waals surface area contributed by atoms with E-state index in [2.05, 4.69) is 11.8 Å². The lowest BCUT2D eigenvalue weighted by Crippen LogP contribution is -2.49. The Labute approximate surface area is 129 Å². The molecule has 1 fully saturated rings. The maximum atomic E-state index is 12.2. The van der Waals surface area contributed by atoms with Crippen LogP contribution < -0.4 is 0 Å². The molecule has 0 aliphatic carbocycles.